The Hall–Kier alpha value is -0.260. The van der Waals surface area contributed by atoms with Crippen LogP contribution in [0.25, 0.3) is 0 Å². The molecule has 0 aromatic heterocycles. The van der Waals surface area contributed by atoms with Gasteiger partial charge in [0.05, 0.1) is 0 Å². The lowest BCUT2D eigenvalue weighted by Gasteiger charge is -2.09. The Bertz CT molecular complexity index is 82.0. The van der Waals surface area contributed by atoms with E-state index in [0.29, 0.717) is 5.92 Å². The van der Waals surface area contributed by atoms with Gasteiger partial charge in [0, 0.05) is 0 Å². The second kappa shape index (κ2) is 5.52. The number of rotatable bonds is 5. The summed E-state index contributed by atoms with van der Waals surface area (Å²) in [6.45, 7) is 10.4. The molecule has 1 radical (unpaired) electrons. The van der Waals surface area contributed by atoms with Crippen molar-refractivity contribution in [1.82, 2.24) is 0 Å². The van der Waals surface area contributed by atoms with Gasteiger partial charge in [-0.15, -0.1) is 6.58 Å². The van der Waals surface area contributed by atoms with Gasteiger partial charge >= 0.3 is 0 Å². The molecule has 59 valence electrons. The fraction of sp³-hybridized carbons (Fsp3) is 0.700. The fourth-order valence-electron chi connectivity index (χ4n) is 0.925. The van der Waals surface area contributed by atoms with Crippen LogP contribution in [-0.4, -0.2) is 0 Å². The van der Waals surface area contributed by atoms with E-state index >= 15 is 0 Å². The van der Waals surface area contributed by atoms with Gasteiger partial charge in [-0.3, -0.25) is 0 Å². The molecule has 0 rings (SSSR count). The highest BCUT2D eigenvalue weighted by Crippen LogP contribution is 2.13. The molecule has 0 spiro atoms. The van der Waals surface area contributed by atoms with Gasteiger partial charge in [0.15, 0.2) is 0 Å². The van der Waals surface area contributed by atoms with Crippen LogP contribution in [0.5, 0.6) is 0 Å². The SMILES string of the molecule is C=C[CH]C(C)CCC(C)C. The molecule has 0 amide bonds. The van der Waals surface area contributed by atoms with Crippen molar-refractivity contribution in [2.24, 2.45) is 11.8 Å². The van der Waals surface area contributed by atoms with Crippen LogP contribution in [0.1, 0.15) is 33.6 Å². The standard InChI is InChI=1S/C10H19/c1-5-6-10(4)8-7-9(2)3/h5-6,9-10H,1,7-8H2,2-4H3. The Balaban J connectivity index is 3.20. The third-order valence-electron chi connectivity index (χ3n) is 1.66. The van der Waals surface area contributed by atoms with Crippen molar-refractivity contribution in [3.05, 3.63) is 19.1 Å². The quantitative estimate of drug-likeness (QED) is 0.547. The first-order valence-corrected chi connectivity index (χ1v) is 4.12. The lowest BCUT2D eigenvalue weighted by molar-refractivity contribution is 0.491. The minimum absolute atomic E-state index is 0.708. The average molecular weight is 139 g/mol. The summed E-state index contributed by atoms with van der Waals surface area (Å²) >= 11 is 0. The second-order valence-corrected chi connectivity index (χ2v) is 3.38. The van der Waals surface area contributed by atoms with Crippen molar-refractivity contribution in [1.29, 1.82) is 0 Å². The summed E-state index contributed by atoms with van der Waals surface area (Å²) in [7, 11) is 0. The van der Waals surface area contributed by atoms with Crippen LogP contribution in [0.15, 0.2) is 12.7 Å². The van der Waals surface area contributed by atoms with Crippen molar-refractivity contribution < 1.29 is 0 Å². The Labute approximate surface area is 65.3 Å². The van der Waals surface area contributed by atoms with E-state index in [9.17, 15) is 0 Å². The van der Waals surface area contributed by atoms with Gasteiger partial charge in [0.1, 0.15) is 0 Å². The average Bonchev–Trinajstić information content (AvgIpc) is 1.85. The summed E-state index contributed by atoms with van der Waals surface area (Å²) in [6.07, 6.45) is 6.68. The first-order chi connectivity index (χ1) is 4.66. The van der Waals surface area contributed by atoms with Crippen LogP contribution in [0.4, 0.5) is 0 Å². The molecule has 10 heavy (non-hydrogen) atoms. The summed E-state index contributed by atoms with van der Waals surface area (Å²) in [4.78, 5) is 0. The van der Waals surface area contributed by atoms with E-state index in [0.717, 1.165) is 5.92 Å². The van der Waals surface area contributed by atoms with Crippen molar-refractivity contribution in [3.63, 3.8) is 0 Å². The minimum Gasteiger partial charge on any atom is -0.103 e. The molecule has 0 heterocycles. The van der Waals surface area contributed by atoms with Gasteiger partial charge in [0.25, 0.3) is 0 Å². The third-order valence-corrected chi connectivity index (χ3v) is 1.66. The summed E-state index contributed by atoms with van der Waals surface area (Å²) < 4.78 is 0. The van der Waals surface area contributed by atoms with E-state index in [1.807, 2.05) is 6.08 Å². The van der Waals surface area contributed by atoms with Gasteiger partial charge in [0.2, 0.25) is 0 Å². The monoisotopic (exact) mass is 139 g/mol. The molecule has 1 unspecified atom stereocenters. The Morgan fingerprint density at radius 1 is 1.20 bits per heavy atom. The molecule has 0 nitrogen and oxygen atoms in total. The molecule has 0 saturated carbocycles. The van der Waals surface area contributed by atoms with E-state index in [2.05, 4.69) is 33.8 Å². The van der Waals surface area contributed by atoms with Crippen molar-refractivity contribution in [2.45, 2.75) is 33.6 Å². The number of hydrogen-bond acceptors (Lipinski definition) is 0. The van der Waals surface area contributed by atoms with Crippen LogP contribution in [-0.2, 0) is 0 Å². The predicted molar refractivity (Wildman–Crippen MR) is 47.7 cm³/mol. The van der Waals surface area contributed by atoms with Gasteiger partial charge in [-0.2, -0.15) is 0 Å². The molecule has 0 aromatic rings. The van der Waals surface area contributed by atoms with Crippen molar-refractivity contribution >= 4 is 0 Å². The maximum Gasteiger partial charge on any atom is -0.0145 e. The zero-order chi connectivity index (χ0) is 7.98. The molecule has 0 aromatic carbocycles. The van der Waals surface area contributed by atoms with Gasteiger partial charge in [-0.05, 0) is 24.7 Å². The third kappa shape index (κ3) is 5.87. The lowest BCUT2D eigenvalue weighted by Crippen LogP contribution is -1.96. The molecule has 0 saturated heterocycles. The summed E-state index contributed by atoms with van der Waals surface area (Å²) in [5.41, 5.74) is 0. The summed E-state index contributed by atoms with van der Waals surface area (Å²) in [5, 5.41) is 0. The summed E-state index contributed by atoms with van der Waals surface area (Å²) in [6, 6.07) is 0. The zero-order valence-electron chi connectivity index (χ0n) is 7.43. The van der Waals surface area contributed by atoms with Gasteiger partial charge < -0.3 is 0 Å². The first-order valence-electron chi connectivity index (χ1n) is 4.12. The summed E-state index contributed by atoms with van der Waals surface area (Å²) in [5.74, 6) is 1.54. The number of hydrogen-bond donors (Lipinski definition) is 0. The first kappa shape index (κ1) is 9.74. The van der Waals surface area contributed by atoms with E-state index in [-0.39, 0.29) is 0 Å². The van der Waals surface area contributed by atoms with E-state index in [4.69, 9.17) is 0 Å². The Kier molecular flexibility index (Phi) is 5.38. The van der Waals surface area contributed by atoms with Crippen LogP contribution < -0.4 is 0 Å². The maximum absolute atomic E-state index is 3.67. The van der Waals surface area contributed by atoms with Crippen LogP contribution >= 0.6 is 0 Å². The van der Waals surface area contributed by atoms with E-state index in [1.54, 1.807) is 0 Å². The lowest BCUT2D eigenvalue weighted by atomic mass is 9.97. The molecule has 0 aliphatic rings. The molecule has 0 aliphatic heterocycles. The van der Waals surface area contributed by atoms with Gasteiger partial charge in [-0.1, -0.05) is 33.3 Å². The minimum atomic E-state index is 0.708. The fourth-order valence-corrected chi connectivity index (χ4v) is 0.925. The molecule has 0 heteroatoms. The van der Waals surface area contributed by atoms with Crippen LogP contribution in [0, 0.1) is 18.3 Å². The number of allylic oxidation sites excluding steroid dienone is 1. The van der Waals surface area contributed by atoms with Crippen molar-refractivity contribution in [2.75, 3.05) is 0 Å². The van der Waals surface area contributed by atoms with Crippen molar-refractivity contribution in [3.8, 4) is 0 Å². The highest BCUT2D eigenvalue weighted by molar-refractivity contribution is 4.90. The molecule has 0 N–H and O–H groups in total. The maximum atomic E-state index is 3.67. The topological polar surface area (TPSA) is 0 Å². The largest absolute Gasteiger partial charge is 0.103 e. The normalized spacial score (nSPS) is 13.6. The smallest absolute Gasteiger partial charge is 0.0145 e. The van der Waals surface area contributed by atoms with Crippen LogP contribution in [0.2, 0.25) is 0 Å². The van der Waals surface area contributed by atoms with E-state index < -0.39 is 0 Å². The van der Waals surface area contributed by atoms with E-state index in [1.165, 1.54) is 12.8 Å². The molecule has 0 bridgehead atoms. The zero-order valence-corrected chi connectivity index (χ0v) is 7.43. The van der Waals surface area contributed by atoms with Gasteiger partial charge in [-0.25, -0.2) is 0 Å². The molecular weight excluding hydrogens is 120 g/mol. The predicted octanol–water partition coefficient (Wildman–Crippen LogP) is 3.45. The molecule has 0 fully saturated rings. The second-order valence-electron chi connectivity index (χ2n) is 3.38. The highest BCUT2D eigenvalue weighted by Gasteiger charge is 2.00. The Morgan fingerprint density at radius 3 is 2.20 bits per heavy atom. The molecular formula is C10H19. The highest BCUT2D eigenvalue weighted by atomic mass is 14.1. The Morgan fingerprint density at radius 2 is 1.80 bits per heavy atom. The molecule has 0 aliphatic carbocycles. The molecule has 1 atom stereocenters. The van der Waals surface area contributed by atoms with Crippen LogP contribution in [0.3, 0.4) is 0 Å².